The summed E-state index contributed by atoms with van der Waals surface area (Å²) < 4.78 is 0. The van der Waals surface area contributed by atoms with E-state index < -0.39 is 0 Å². The molecule has 1 aromatic rings. The average Bonchev–Trinajstić information content (AvgIpc) is 2.26. The Morgan fingerprint density at radius 3 is 2.44 bits per heavy atom. The lowest BCUT2D eigenvalue weighted by Gasteiger charge is -2.33. The van der Waals surface area contributed by atoms with Crippen molar-refractivity contribution in [3.8, 4) is 0 Å². The molecule has 1 fully saturated rings. The molecule has 0 bridgehead atoms. The summed E-state index contributed by atoms with van der Waals surface area (Å²) in [6.45, 7) is 9.34. The molecule has 88 valence electrons. The van der Waals surface area contributed by atoms with E-state index in [1.54, 1.807) is 5.56 Å². The largest absolute Gasteiger partial charge is 0.0623 e. The van der Waals surface area contributed by atoms with Gasteiger partial charge in [0.2, 0.25) is 0 Å². The summed E-state index contributed by atoms with van der Waals surface area (Å²) in [7, 11) is 0. The Hall–Kier alpha value is -0.780. The normalized spacial score (nSPS) is 30.4. The second-order valence-electron chi connectivity index (χ2n) is 5.75. The molecule has 0 aliphatic heterocycles. The summed E-state index contributed by atoms with van der Waals surface area (Å²) in [6.07, 6.45) is 4.17. The highest BCUT2D eigenvalue weighted by atomic mass is 14.3. The van der Waals surface area contributed by atoms with Crippen molar-refractivity contribution >= 4 is 0 Å². The molecule has 0 aromatic heterocycles. The maximum atomic E-state index is 2.42. The lowest BCUT2D eigenvalue weighted by molar-refractivity contribution is 0.250. The molecule has 0 radical (unpaired) electrons. The molecule has 1 saturated carbocycles. The molecule has 1 aliphatic rings. The molecule has 0 N–H and O–H groups in total. The molecule has 1 aromatic carbocycles. The Bertz CT molecular complexity index is 364. The molecule has 0 heteroatoms. The van der Waals surface area contributed by atoms with Crippen LogP contribution in [0, 0.1) is 25.7 Å². The zero-order valence-corrected chi connectivity index (χ0v) is 11.1. The maximum Gasteiger partial charge on any atom is -0.0157 e. The minimum Gasteiger partial charge on any atom is -0.0623 e. The van der Waals surface area contributed by atoms with Crippen LogP contribution < -0.4 is 0 Å². The Kier molecular flexibility index (Phi) is 3.37. The van der Waals surface area contributed by atoms with Crippen molar-refractivity contribution in [3.63, 3.8) is 0 Å². The van der Waals surface area contributed by atoms with Gasteiger partial charge in [0.1, 0.15) is 0 Å². The number of aryl methyl sites for hydroxylation is 1. The number of hydrogen-bond acceptors (Lipinski definition) is 0. The van der Waals surface area contributed by atoms with Crippen molar-refractivity contribution < 1.29 is 0 Å². The van der Waals surface area contributed by atoms with Crippen LogP contribution in [0.5, 0.6) is 0 Å². The minimum absolute atomic E-state index is 0.811. The lowest BCUT2D eigenvalue weighted by atomic mass is 9.72. The molecule has 0 amide bonds. The first-order valence-corrected chi connectivity index (χ1v) is 6.65. The molecule has 16 heavy (non-hydrogen) atoms. The van der Waals surface area contributed by atoms with Crippen LogP contribution >= 0.6 is 0 Å². The molecule has 2 rings (SSSR count). The van der Waals surface area contributed by atoms with Crippen molar-refractivity contribution in [2.45, 2.75) is 52.9 Å². The highest BCUT2D eigenvalue weighted by Gasteiger charge is 2.26. The topological polar surface area (TPSA) is 0 Å². The third-order valence-corrected chi connectivity index (χ3v) is 4.68. The van der Waals surface area contributed by atoms with Gasteiger partial charge in [-0.05, 0) is 67.6 Å². The number of hydrogen-bond donors (Lipinski definition) is 0. The van der Waals surface area contributed by atoms with Crippen molar-refractivity contribution in [3.05, 3.63) is 34.9 Å². The van der Waals surface area contributed by atoms with Crippen molar-refractivity contribution in [2.24, 2.45) is 11.8 Å². The van der Waals surface area contributed by atoms with E-state index in [2.05, 4.69) is 45.9 Å². The van der Waals surface area contributed by atoms with Crippen LogP contribution in [0.2, 0.25) is 0 Å². The third-order valence-electron chi connectivity index (χ3n) is 4.68. The van der Waals surface area contributed by atoms with Crippen LogP contribution in [0.4, 0.5) is 0 Å². The van der Waals surface area contributed by atoms with Gasteiger partial charge in [-0.15, -0.1) is 0 Å². The van der Waals surface area contributed by atoms with E-state index in [1.165, 1.54) is 30.4 Å². The van der Waals surface area contributed by atoms with E-state index in [-0.39, 0.29) is 0 Å². The van der Waals surface area contributed by atoms with E-state index in [9.17, 15) is 0 Å². The van der Waals surface area contributed by atoms with Gasteiger partial charge in [0.25, 0.3) is 0 Å². The Labute approximate surface area is 100 Å². The molecule has 1 aliphatic carbocycles. The first-order chi connectivity index (χ1) is 7.59. The van der Waals surface area contributed by atoms with Crippen LogP contribution in [-0.4, -0.2) is 0 Å². The summed E-state index contributed by atoms with van der Waals surface area (Å²) in [4.78, 5) is 0. The summed E-state index contributed by atoms with van der Waals surface area (Å²) in [5.74, 6) is 2.62. The van der Waals surface area contributed by atoms with E-state index in [4.69, 9.17) is 0 Å². The lowest BCUT2D eigenvalue weighted by Crippen LogP contribution is -2.20. The predicted octanol–water partition coefficient (Wildman–Crippen LogP) is 4.84. The molecule has 3 unspecified atom stereocenters. The number of benzene rings is 1. The monoisotopic (exact) mass is 216 g/mol. The van der Waals surface area contributed by atoms with Gasteiger partial charge in [0, 0.05) is 0 Å². The number of rotatable bonds is 1. The first-order valence-electron chi connectivity index (χ1n) is 6.65. The quantitative estimate of drug-likeness (QED) is 0.630. The second-order valence-corrected chi connectivity index (χ2v) is 5.75. The fourth-order valence-electron chi connectivity index (χ4n) is 3.05. The van der Waals surface area contributed by atoms with Gasteiger partial charge < -0.3 is 0 Å². The van der Waals surface area contributed by atoms with Gasteiger partial charge in [-0.2, -0.15) is 0 Å². The maximum absolute atomic E-state index is 2.42. The van der Waals surface area contributed by atoms with Crippen molar-refractivity contribution in [1.29, 1.82) is 0 Å². The second kappa shape index (κ2) is 4.61. The summed E-state index contributed by atoms with van der Waals surface area (Å²) in [6, 6.07) is 6.80. The molecule has 0 nitrogen and oxygen atoms in total. The highest BCUT2D eigenvalue weighted by Crippen LogP contribution is 2.40. The van der Waals surface area contributed by atoms with Crippen LogP contribution in [0.3, 0.4) is 0 Å². The molecule has 3 atom stereocenters. The SMILES string of the molecule is Cc1cccc(C2CCC(C)C(C)C2)c1C. The van der Waals surface area contributed by atoms with Crippen molar-refractivity contribution in [1.82, 2.24) is 0 Å². The van der Waals surface area contributed by atoms with Gasteiger partial charge in [-0.25, -0.2) is 0 Å². The zero-order chi connectivity index (χ0) is 11.7. The standard InChI is InChI=1S/C16H24/c1-11-8-9-15(10-13(11)3)16-7-5-6-12(2)14(16)4/h5-7,11,13,15H,8-10H2,1-4H3. The van der Waals surface area contributed by atoms with Crippen LogP contribution in [0.15, 0.2) is 18.2 Å². The van der Waals surface area contributed by atoms with Gasteiger partial charge in [0.05, 0.1) is 0 Å². The Balaban J connectivity index is 2.22. The van der Waals surface area contributed by atoms with Gasteiger partial charge >= 0.3 is 0 Å². The molecule has 0 saturated heterocycles. The van der Waals surface area contributed by atoms with Crippen molar-refractivity contribution in [2.75, 3.05) is 0 Å². The summed E-state index contributed by atoms with van der Waals surface area (Å²) in [5.41, 5.74) is 4.58. The zero-order valence-electron chi connectivity index (χ0n) is 11.1. The Morgan fingerprint density at radius 1 is 1.00 bits per heavy atom. The van der Waals surface area contributed by atoms with Crippen LogP contribution in [0.25, 0.3) is 0 Å². The summed E-state index contributed by atoms with van der Waals surface area (Å²) in [5, 5.41) is 0. The minimum atomic E-state index is 0.811. The highest BCUT2D eigenvalue weighted by molar-refractivity contribution is 5.35. The fourth-order valence-corrected chi connectivity index (χ4v) is 3.05. The summed E-state index contributed by atoms with van der Waals surface area (Å²) >= 11 is 0. The smallest absolute Gasteiger partial charge is 0.0157 e. The fraction of sp³-hybridized carbons (Fsp3) is 0.625. The predicted molar refractivity (Wildman–Crippen MR) is 70.8 cm³/mol. The molecule has 0 heterocycles. The van der Waals surface area contributed by atoms with E-state index >= 15 is 0 Å². The van der Waals surface area contributed by atoms with Crippen LogP contribution in [0.1, 0.15) is 55.7 Å². The molecule has 0 spiro atoms. The van der Waals surface area contributed by atoms with E-state index in [0.29, 0.717) is 0 Å². The molecular weight excluding hydrogens is 192 g/mol. The van der Waals surface area contributed by atoms with Gasteiger partial charge in [-0.3, -0.25) is 0 Å². The van der Waals surface area contributed by atoms with E-state index in [0.717, 1.165) is 17.8 Å². The average molecular weight is 216 g/mol. The van der Waals surface area contributed by atoms with Crippen LogP contribution in [-0.2, 0) is 0 Å². The van der Waals surface area contributed by atoms with Gasteiger partial charge in [0.15, 0.2) is 0 Å². The molecular formula is C16H24. The first kappa shape index (κ1) is 11.7. The van der Waals surface area contributed by atoms with E-state index in [1.807, 2.05) is 0 Å². The Morgan fingerprint density at radius 2 is 1.75 bits per heavy atom. The van der Waals surface area contributed by atoms with Gasteiger partial charge in [-0.1, -0.05) is 32.0 Å². The third kappa shape index (κ3) is 2.16.